The molecule has 0 aromatic rings. The zero-order valence-corrected chi connectivity index (χ0v) is 12.5. The standard InChI is InChI=1S/C13H26N2O3S/c1-11-5-4-6-12(9-11)14-19(17,18)15-8-3-2-7-13(15)10-16/h11-14,16H,2-10H2,1H3. The molecule has 1 saturated heterocycles. The van der Waals surface area contributed by atoms with Crippen LogP contribution in [0.5, 0.6) is 0 Å². The lowest BCUT2D eigenvalue weighted by Gasteiger charge is -2.36. The van der Waals surface area contributed by atoms with Gasteiger partial charge in [-0.1, -0.05) is 26.2 Å². The van der Waals surface area contributed by atoms with Gasteiger partial charge in [-0.2, -0.15) is 17.4 Å². The van der Waals surface area contributed by atoms with Crippen LogP contribution in [0.3, 0.4) is 0 Å². The van der Waals surface area contributed by atoms with Crippen molar-refractivity contribution in [1.82, 2.24) is 9.03 Å². The summed E-state index contributed by atoms with van der Waals surface area (Å²) in [6.45, 7) is 2.63. The smallest absolute Gasteiger partial charge is 0.280 e. The highest BCUT2D eigenvalue weighted by Crippen LogP contribution is 2.25. The average molecular weight is 290 g/mol. The van der Waals surface area contributed by atoms with Crippen LogP contribution in [0.2, 0.25) is 0 Å². The first-order chi connectivity index (χ1) is 9.03. The Bertz CT molecular complexity index is 385. The van der Waals surface area contributed by atoms with Gasteiger partial charge in [0.15, 0.2) is 0 Å². The van der Waals surface area contributed by atoms with Gasteiger partial charge in [0.05, 0.1) is 6.61 Å². The molecule has 1 aliphatic heterocycles. The minimum absolute atomic E-state index is 0.0648. The molecule has 5 nitrogen and oxygen atoms in total. The summed E-state index contributed by atoms with van der Waals surface area (Å²) >= 11 is 0. The third-order valence-electron chi connectivity index (χ3n) is 4.34. The quantitative estimate of drug-likeness (QED) is 0.818. The van der Waals surface area contributed by atoms with Gasteiger partial charge in [0, 0.05) is 18.6 Å². The van der Waals surface area contributed by atoms with E-state index < -0.39 is 10.2 Å². The van der Waals surface area contributed by atoms with Crippen molar-refractivity contribution in [2.24, 2.45) is 5.92 Å². The SMILES string of the molecule is CC1CCCC(NS(=O)(=O)N2CCCCC2CO)C1. The van der Waals surface area contributed by atoms with E-state index in [1.807, 2.05) is 0 Å². The van der Waals surface area contributed by atoms with E-state index in [9.17, 15) is 13.5 Å². The van der Waals surface area contributed by atoms with Crippen LogP contribution < -0.4 is 4.72 Å². The Morgan fingerprint density at radius 2 is 2.00 bits per heavy atom. The summed E-state index contributed by atoms with van der Waals surface area (Å²) < 4.78 is 29.2. The number of piperidine rings is 1. The van der Waals surface area contributed by atoms with Crippen LogP contribution in [0.25, 0.3) is 0 Å². The lowest BCUT2D eigenvalue weighted by atomic mass is 9.88. The molecule has 3 unspecified atom stereocenters. The zero-order valence-electron chi connectivity index (χ0n) is 11.7. The first-order valence-corrected chi connectivity index (χ1v) is 8.87. The Kier molecular flexibility index (Phi) is 5.22. The summed E-state index contributed by atoms with van der Waals surface area (Å²) in [6.07, 6.45) is 6.80. The van der Waals surface area contributed by atoms with Gasteiger partial charge in [-0.05, 0) is 31.6 Å². The van der Waals surface area contributed by atoms with Gasteiger partial charge >= 0.3 is 0 Å². The largest absolute Gasteiger partial charge is 0.395 e. The van der Waals surface area contributed by atoms with Crippen molar-refractivity contribution in [3.63, 3.8) is 0 Å². The molecule has 19 heavy (non-hydrogen) atoms. The topological polar surface area (TPSA) is 69.6 Å². The molecule has 0 spiro atoms. The molecule has 1 saturated carbocycles. The molecule has 112 valence electrons. The summed E-state index contributed by atoms with van der Waals surface area (Å²) in [6, 6.07) is -0.178. The molecule has 0 radical (unpaired) electrons. The van der Waals surface area contributed by atoms with Gasteiger partial charge in [-0.15, -0.1) is 0 Å². The predicted molar refractivity (Wildman–Crippen MR) is 74.9 cm³/mol. The molecule has 0 aromatic heterocycles. The predicted octanol–water partition coefficient (Wildman–Crippen LogP) is 1.25. The van der Waals surface area contributed by atoms with E-state index >= 15 is 0 Å². The third kappa shape index (κ3) is 3.90. The van der Waals surface area contributed by atoms with Crippen molar-refractivity contribution >= 4 is 10.2 Å². The van der Waals surface area contributed by atoms with E-state index in [0.717, 1.165) is 38.5 Å². The molecule has 0 amide bonds. The third-order valence-corrected chi connectivity index (χ3v) is 6.07. The number of aliphatic hydroxyl groups excluding tert-OH is 1. The van der Waals surface area contributed by atoms with E-state index in [0.29, 0.717) is 12.5 Å². The number of aliphatic hydroxyl groups is 1. The van der Waals surface area contributed by atoms with E-state index in [-0.39, 0.29) is 18.7 Å². The summed E-state index contributed by atoms with van der Waals surface area (Å²) in [5.74, 6) is 0.594. The highest BCUT2D eigenvalue weighted by molar-refractivity contribution is 7.87. The molecule has 1 aliphatic carbocycles. The average Bonchev–Trinajstić information content (AvgIpc) is 2.38. The molecular weight excluding hydrogens is 264 g/mol. The monoisotopic (exact) mass is 290 g/mol. The Hall–Kier alpha value is -0.170. The first kappa shape index (κ1) is 15.2. The molecule has 6 heteroatoms. The summed E-state index contributed by atoms with van der Waals surface area (Å²) in [5.41, 5.74) is 0. The minimum Gasteiger partial charge on any atom is -0.395 e. The fourth-order valence-corrected chi connectivity index (χ4v) is 5.00. The molecule has 2 rings (SSSR count). The van der Waals surface area contributed by atoms with E-state index in [1.54, 1.807) is 0 Å². The minimum atomic E-state index is -3.44. The van der Waals surface area contributed by atoms with Crippen molar-refractivity contribution in [1.29, 1.82) is 0 Å². The molecule has 3 atom stereocenters. The molecule has 0 aromatic carbocycles. The van der Waals surface area contributed by atoms with Crippen LogP contribution in [-0.4, -0.2) is 43.1 Å². The number of nitrogens with zero attached hydrogens (tertiary/aromatic N) is 1. The van der Waals surface area contributed by atoms with Crippen LogP contribution in [0.15, 0.2) is 0 Å². The van der Waals surface area contributed by atoms with Crippen LogP contribution >= 0.6 is 0 Å². The second kappa shape index (κ2) is 6.52. The Labute approximate surface area is 116 Å². The van der Waals surface area contributed by atoms with Crippen molar-refractivity contribution < 1.29 is 13.5 Å². The molecular formula is C13H26N2O3S. The number of rotatable bonds is 4. The molecule has 0 bridgehead atoms. The van der Waals surface area contributed by atoms with Crippen LogP contribution in [0.4, 0.5) is 0 Å². The molecule has 2 aliphatic rings. The molecule has 1 heterocycles. The lowest BCUT2D eigenvalue weighted by Crippen LogP contribution is -2.53. The lowest BCUT2D eigenvalue weighted by molar-refractivity contribution is 0.152. The van der Waals surface area contributed by atoms with Crippen LogP contribution in [0, 0.1) is 5.92 Å². The Balaban J connectivity index is 2.00. The van der Waals surface area contributed by atoms with Crippen molar-refractivity contribution in [2.45, 2.75) is 64.0 Å². The molecule has 2 N–H and O–H groups in total. The van der Waals surface area contributed by atoms with Gasteiger partial charge in [0.1, 0.15) is 0 Å². The van der Waals surface area contributed by atoms with E-state index in [4.69, 9.17) is 0 Å². The van der Waals surface area contributed by atoms with Gasteiger partial charge in [0.25, 0.3) is 10.2 Å². The van der Waals surface area contributed by atoms with Gasteiger partial charge in [-0.3, -0.25) is 0 Å². The summed E-state index contributed by atoms with van der Waals surface area (Å²) in [7, 11) is -3.44. The normalized spacial score (nSPS) is 34.3. The molecule has 2 fully saturated rings. The maximum Gasteiger partial charge on any atom is 0.280 e. The maximum absolute atomic E-state index is 12.4. The summed E-state index contributed by atoms with van der Waals surface area (Å²) in [4.78, 5) is 0. The fraction of sp³-hybridized carbons (Fsp3) is 1.00. The van der Waals surface area contributed by atoms with Gasteiger partial charge in [-0.25, -0.2) is 0 Å². The zero-order chi connectivity index (χ0) is 13.9. The van der Waals surface area contributed by atoms with Crippen molar-refractivity contribution in [2.75, 3.05) is 13.2 Å². The Morgan fingerprint density at radius 3 is 2.68 bits per heavy atom. The second-order valence-corrected chi connectivity index (χ2v) is 7.69. The second-order valence-electron chi connectivity index (χ2n) is 6.03. The summed E-state index contributed by atoms with van der Waals surface area (Å²) in [5, 5.41) is 9.34. The highest BCUT2D eigenvalue weighted by Gasteiger charge is 2.34. The highest BCUT2D eigenvalue weighted by atomic mass is 32.2. The van der Waals surface area contributed by atoms with Gasteiger partial charge < -0.3 is 5.11 Å². The first-order valence-electron chi connectivity index (χ1n) is 7.43. The fourth-order valence-electron chi connectivity index (χ4n) is 3.29. The van der Waals surface area contributed by atoms with Crippen LogP contribution in [-0.2, 0) is 10.2 Å². The van der Waals surface area contributed by atoms with Gasteiger partial charge in [0.2, 0.25) is 0 Å². The van der Waals surface area contributed by atoms with E-state index in [2.05, 4.69) is 11.6 Å². The number of hydrogen-bond acceptors (Lipinski definition) is 3. The Morgan fingerprint density at radius 1 is 1.21 bits per heavy atom. The number of hydrogen-bond donors (Lipinski definition) is 2. The van der Waals surface area contributed by atoms with E-state index in [1.165, 1.54) is 10.7 Å². The maximum atomic E-state index is 12.4. The van der Waals surface area contributed by atoms with Crippen LogP contribution in [0.1, 0.15) is 51.9 Å². The van der Waals surface area contributed by atoms with Crippen molar-refractivity contribution in [3.05, 3.63) is 0 Å². The van der Waals surface area contributed by atoms with Crippen molar-refractivity contribution in [3.8, 4) is 0 Å². The number of nitrogens with one attached hydrogen (secondary N) is 1.